The van der Waals surface area contributed by atoms with Crippen molar-refractivity contribution in [2.45, 2.75) is 77.6 Å². The summed E-state index contributed by atoms with van der Waals surface area (Å²) in [4.78, 5) is 11.0. The van der Waals surface area contributed by atoms with E-state index in [0.29, 0.717) is 11.7 Å². The topological polar surface area (TPSA) is 17.1 Å². The van der Waals surface area contributed by atoms with Crippen LogP contribution in [0.15, 0.2) is 12.2 Å². The van der Waals surface area contributed by atoms with Gasteiger partial charge in [-0.3, -0.25) is 4.79 Å². The number of carbonyl (C=O) groups is 1. The first-order chi connectivity index (χ1) is 8.33. The Morgan fingerprint density at radius 1 is 1.06 bits per heavy atom. The molecule has 1 unspecified atom stereocenters. The minimum Gasteiger partial charge on any atom is -0.295 e. The first kappa shape index (κ1) is 14.5. The van der Waals surface area contributed by atoms with Gasteiger partial charge >= 0.3 is 0 Å². The molecule has 1 aliphatic rings. The molecule has 0 radical (unpaired) electrons. The van der Waals surface area contributed by atoms with E-state index >= 15 is 0 Å². The molecule has 0 aromatic carbocycles. The molecule has 98 valence electrons. The Bertz CT molecular complexity index is 230. The normalized spacial score (nSPS) is 19.8. The molecule has 0 spiro atoms. The number of rotatable bonds is 9. The largest absolute Gasteiger partial charge is 0.295 e. The maximum absolute atomic E-state index is 11.0. The van der Waals surface area contributed by atoms with Crippen LogP contribution in [0.5, 0.6) is 0 Å². The predicted octanol–water partition coefficient (Wildman–Crippen LogP) is 5.05. The van der Waals surface area contributed by atoms with Crippen LogP contribution in [0.1, 0.15) is 77.6 Å². The van der Waals surface area contributed by atoms with Gasteiger partial charge in [0.25, 0.3) is 0 Å². The Hall–Kier alpha value is -0.590. The van der Waals surface area contributed by atoms with Gasteiger partial charge in [-0.15, -0.1) is 0 Å². The van der Waals surface area contributed by atoms with Crippen LogP contribution in [-0.2, 0) is 4.79 Å². The number of allylic oxidation sites excluding steroid dienone is 2. The molecule has 0 saturated heterocycles. The molecule has 1 nitrogen and oxygen atoms in total. The number of carbonyl (C=O) groups excluding carboxylic acids is 1. The average Bonchev–Trinajstić information content (AvgIpc) is 2.35. The Kier molecular flexibility index (Phi) is 8.04. The van der Waals surface area contributed by atoms with Crippen LogP contribution in [0.4, 0.5) is 0 Å². The van der Waals surface area contributed by atoms with Crippen molar-refractivity contribution < 1.29 is 4.79 Å². The summed E-state index contributed by atoms with van der Waals surface area (Å²) in [6.07, 6.45) is 18.2. The van der Waals surface area contributed by atoms with Crippen LogP contribution in [0.3, 0.4) is 0 Å². The fraction of sp³-hybridized carbons (Fsp3) is 0.812. The SMILES string of the molecule is CCCCCCCCCCC1C=CC(=O)CC1. The zero-order valence-electron chi connectivity index (χ0n) is 11.4. The summed E-state index contributed by atoms with van der Waals surface area (Å²) in [5, 5.41) is 0. The zero-order chi connectivity index (χ0) is 12.3. The molecular weight excluding hydrogens is 208 g/mol. The van der Waals surface area contributed by atoms with Crippen LogP contribution in [0.2, 0.25) is 0 Å². The minimum absolute atomic E-state index is 0.317. The van der Waals surface area contributed by atoms with Crippen LogP contribution < -0.4 is 0 Å². The van der Waals surface area contributed by atoms with Gasteiger partial charge in [0.1, 0.15) is 0 Å². The molecule has 0 aromatic rings. The van der Waals surface area contributed by atoms with E-state index in [-0.39, 0.29) is 0 Å². The molecular formula is C16H28O. The van der Waals surface area contributed by atoms with Crippen molar-refractivity contribution >= 4 is 5.78 Å². The van der Waals surface area contributed by atoms with Gasteiger partial charge in [0, 0.05) is 6.42 Å². The van der Waals surface area contributed by atoms with Crippen molar-refractivity contribution in [3.63, 3.8) is 0 Å². The molecule has 0 bridgehead atoms. The lowest BCUT2D eigenvalue weighted by molar-refractivity contribution is -0.115. The Balaban J connectivity index is 1.87. The van der Waals surface area contributed by atoms with E-state index in [1.54, 1.807) is 6.08 Å². The van der Waals surface area contributed by atoms with Crippen LogP contribution >= 0.6 is 0 Å². The standard InChI is InChI=1S/C16H28O/c1-2-3-4-5-6-7-8-9-10-15-11-13-16(17)14-12-15/h11,13,15H,2-10,12,14H2,1H3. The van der Waals surface area contributed by atoms with Crippen molar-refractivity contribution in [1.29, 1.82) is 0 Å². The quantitative estimate of drug-likeness (QED) is 0.512. The summed E-state index contributed by atoms with van der Waals surface area (Å²) in [5.74, 6) is 1.00. The van der Waals surface area contributed by atoms with E-state index in [9.17, 15) is 4.79 Å². The van der Waals surface area contributed by atoms with E-state index in [1.165, 1.54) is 57.8 Å². The van der Waals surface area contributed by atoms with Crippen molar-refractivity contribution in [1.82, 2.24) is 0 Å². The van der Waals surface area contributed by atoms with Gasteiger partial charge in [-0.2, -0.15) is 0 Å². The van der Waals surface area contributed by atoms with E-state index < -0.39 is 0 Å². The van der Waals surface area contributed by atoms with Crippen molar-refractivity contribution in [2.75, 3.05) is 0 Å². The first-order valence-corrected chi connectivity index (χ1v) is 7.54. The van der Waals surface area contributed by atoms with Gasteiger partial charge in [0.05, 0.1) is 0 Å². The second-order valence-electron chi connectivity index (χ2n) is 5.39. The lowest BCUT2D eigenvalue weighted by atomic mass is 9.90. The van der Waals surface area contributed by atoms with Gasteiger partial charge < -0.3 is 0 Å². The van der Waals surface area contributed by atoms with Gasteiger partial charge in [-0.05, 0) is 24.8 Å². The molecule has 17 heavy (non-hydrogen) atoms. The second-order valence-corrected chi connectivity index (χ2v) is 5.39. The smallest absolute Gasteiger partial charge is 0.155 e. The average molecular weight is 236 g/mol. The molecule has 0 fully saturated rings. The van der Waals surface area contributed by atoms with Crippen LogP contribution in [0.25, 0.3) is 0 Å². The highest BCUT2D eigenvalue weighted by Crippen LogP contribution is 2.21. The van der Waals surface area contributed by atoms with E-state index in [0.717, 1.165) is 12.8 Å². The molecule has 0 N–H and O–H groups in total. The molecule has 1 aliphatic carbocycles. The monoisotopic (exact) mass is 236 g/mol. The zero-order valence-corrected chi connectivity index (χ0v) is 11.4. The maximum atomic E-state index is 11.0. The Morgan fingerprint density at radius 3 is 2.29 bits per heavy atom. The Morgan fingerprint density at radius 2 is 1.71 bits per heavy atom. The van der Waals surface area contributed by atoms with Crippen molar-refractivity contribution in [2.24, 2.45) is 5.92 Å². The summed E-state index contributed by atoms with van der Waals surface area (Å²) < 4.78 is 0. The fourth-order valence-electron chi connectivity index (χ4n) is 2.53. The lowest BCUT2D eigenvalue weighted by Crippen LogP contribution is -2.07. The lowest BCUT2D eigenvalue weighted by Gasteiger charge is -2.15. The number of hydrogen-bond donors (Lipinski definition) is 0. The molecule has 0 heterocycles. The van der Waals surface area contributed by atoms with E-state index in [2.05, 4.69) is 13.0 Å². The molecule has 0 aromatic heterocycles. The molecule has 1 atom stereocenters. The number of unbranched alkanes of at least 4 members (excludes halogenated alkanes) is 7. The summed E-state index contributed by atoms with van der Waals surface area (Å²) in [5.41, 5.74) is 0. The van der Waals surface area contributed by atoms with Gasteiger partial charge in [0.2, 0.25) is 0 Å². The van der Waals surface area contributed by atoms with Gasteiger partial charge in [-0.1, -0.05) is 64.4 Å². The maximum Gasteiger partial charge on any atom is 0.155 e. The number of ketones is 1. The molecule has 0 saturated carbocycles. The van der Waals surface area contributed by atoms with Crippen LogP contribution in [-0.4, -0.2) is 5.78 Å². The molecule has 0 amide bonds. The molecule has 1 heteroatoms. The highest BCUT2D eigenvalue weighted by molar-refractivity contribution is 5.90. The highest BCUT2D eigenvalue weighted by Gasteiger charge is 2.11. The van der Waals surface area contributed by atoms with Gasteiger partial charge in [0.15, 0.2) is 5.78 Å². The predicted molar refractivity (Wildman–Crippen MR) is 74.1 cm³/mol. The third kappa shape index (κ3) is 7.36. The summed E-state index contributed by atoms with van der Waals surface area (Å²) in [6, 6.07) is 0. The summed E-state index contributed by atoms with van der Waals surface area (Å²) in [6.45, 7) is 2.27. The minimum atomic E-state index is 0.317. The third-order valence-electron chi connectivity index (χ3n) is 3.74. The molecule has 1 rings (SSSR count). The van der Waals surface area contributed by atoms with E-state index in [4.69, 9.17) is 0 Å². The first-order valence-electron chi connectivity index (χ1n) is 7.54. The summed E-state index contributed by atoms with van der Waals surface area (Å²) >= 11 is 0. The van der Waals surface area contributed by atoms with Crippen molar-refractivity contribution in [3.8, 4) is 0 Å². The summed E-state index contributed by atoms with van der Waals surface area (Å²) in [7, 11) is 0. The van der Waals surface area contributed by atoms with Gasteiger partial charge in [-0.25, -0.2) is 0 Å². The molecule has 0 aliphatic heterocycles. The van der Waals surface area contributed by atoms with Crippen LogP contribution in [0, 0.1) is 5.92 Å². The fourth-order valence-corrected chi connectivity index (χ4v) is 2.53. The highest BCUT2D eigenvalue weighted by atomic mass is 16.1. The Labute approximate surface area is 107 Å². The van der Waals surface area contributed by atoms with Crippen molar-refractivity contribution in [3.05, 3.63) is 12.2 Å². The van der Waals surface area contributed by atoms with E-state index in [1.807, 2.05) is 0 Å². The second kappa shape index (κ2) is 9.44. The third-order valence-corrected chi connectivity index (χ3v) is 3.74. The number of hydrogen-bond acceptors (Lipinski definition) is 1.